The second-order valence-electron chi connectivity index (χ2n) is 3.45. The Kier molecular flexibility index (Phi) is 2.40. The molecule has 3 unspecified atom stereocenters. The van der Waals surface area contributed by atoms with Gasteiger partial charge in [-0.05, 0) is 5.70 Å². The molecule has 0 spiro atoms. The van der Waals surface area contributed by atoms with Crippen molar-refractivity contribution in [3.63, 3.8) is 0 Å². The average molecular weight is 232 g/mol. The predicted octanol–water partition coefficient (Wildman–Crippen LogP) is -0.231. The molecule has 3 atom stereocenters. The molecule has 3 saturated heterocycles. The highest BCUT2D eigenvalue weighted by molar-refractivity contribution is 6.66. The van der Waals surface area contributed by atoms with E-state index >= 15 is 0 Å². The van der Waals surface area contributed by atoms with Crippen molar-refractivity contribution in [1.82, 2.24) is 0 Å². The van der Waals surface area contributed by atoms with Gasteiger partial charge in [0, 0.05) is 0 Å². The summed E-state index contributed by atoms with van der Waals surface area (Å²) in [5.41, 5.74) is 1.58. The van der Waals surface area contributed by atoms with Crippen LogP contribution in [0.3, 0.4) is 0 Å². The highest BCUT2D eigenvalue weighted by Gasteiger charge is 2.52. The number of rotatable bonds is 7. The molecule has 0 N–H and O–H groups in total. The van der Waals surface area contributed by atoms with Gasteiger partial charge >= 0.3 is 8.80 Å². The Hall–Kier alpha value is -0.283. The van der Waals surface area contributed by atoms with Crippen LogP contribution in [0.4, 0.5) is 0 Å². The summed E-state index contributed by atoms with van der Waals surface area (Å²) in [5.74, 6) is 0. The van der Waals surface area contributed by atoms with Crippen molar-refractivity contribution in [3.05, 3.63) is 12.3 Å². The Labute approximate surface area is 88.0 Å². The van der Waals surface area contributed by atoms with Gasteiger partial charge in [-0.25, -0.2) is 0 Å². The molecule has 3 aliphatic heterocycles. The molecular weight excluding hydrogens is 220 g/mol. The normalized spacial score (nSPS) is 40.7. The van der Waals surface area contributed by atoms with Crippen LogP contribution in [-0.2, 0) is 27.5 Å². The van der Waals surface area contributed by atoms with Crippen LogP contribution in [0, 0.1) is 0 Å². The van der Waals surface area contributed by atoms with Crippen LogP contribution in [-0.4, -0.2) is 47.5 Å². The van der Waals surface area contributed by atoms with Crippen molar-refractivity contribution in [2.45, 2.75) is 18.9 Å². The van der Waals surface area contributed by atoms with Gasteiger partial charge in [-0.3, -0.25) is 0 Å². The summed E-state index contributed by atoms with van der Waals surface area (Å²) in [6, 6.07) is 0. The first kappa shape index (κ1) is 9.91. The van der Waals surface area contributed by atoms with Gasteiger partial charge in [0.25, 0.3) is 0 Å². The Bertz CT molecular complexity index is 224. The lowest BCUT2D eigenvalue weighted by molar-refractivity contribution is -0.00929. The van der Waals surface area contributed by atoms with Crippen LogP contribution in [0.15, 0.2) is 12.3 Å². The van der Waals surface area contributed by atoms with Crippen LogP contribution >= 0.6 is 0 Å². The van der Waals surface area contributed by atoms with E-state index in [1.54, 1.807) is 5.70 Å². The Morgan fingerprint density at radius 3 is 1.47 bits per heavy atom. The van der Waals surface area contributed by atoms with Crippen LogP contribution < -0.4 is 0 Å². The first-order valence-corrected chi connectivity index (χ1v) is 6.62. The molecule has 3 aliphatic rings. The highest BCUT2D eigenvalue weighted by atomic mass is 28.4. The third kappa shape index (κ3) is 2.64. The number of epoxide rings is 3. The summed E-state index contributed by atoms with van der Waals surface area (Å²) in [7, 11) is -2.88. The zero-order valence-corrected chi connectivity index (χ0v) is 9.09. The quantitative estimate of drug-likeness (QED) is 0.446. The van der Waals surface area contributed by atoms with Crippen molar-refractivity contribution in [3.8, 4) is 0 Å². The van der Waals surface area contributed by atoms with Gasteiger partial charge in [0.2, 0.25) is 0 Å². The minimum atomic E-state index is -2.88. The molecule has 0 saturated carbocycles. The van der Waals surface area contributed by atoms with Gasteiger partial charge in [0.1, 0.15) is 19.8 Å². The highest BCUT2D eigenvalue weighted by Crippen LogP contribution is 2.29. The van der Waals surface area contributed by atoms with E-state index in [2.05, 4.69) is 6.58 Å². The first-order valence-electron chi connectivity index (χ1n) is 4.81. The van der Waals surface area contributed by atoms with Gasteiger partial charge in [0.15, 0.2) is 18.9 Å². The molecule has 0 bridgehead atoms. The van der Waals surface area contributed by atoms with Gasteiger partial charge in [-0.1, -0.05) is 6.58 Å². The van der Waals surface area contributed by atoms with E-state index in [0.29, 0.717) is 19.8 Å². The van der Waals surface area contributed by atoms with E-state index in [-0.39, 0.29) is 18.9 Å². The molecule has 15 heavy (non-hydrogen) atoms. The van der Waals surface area contributed by atoms with Crippen molar-refractivity contribution >= 4 is 8.80 Å². The molecule has 7 heteroatoms. The Morgan fingerprint density at radius 1 is 0.933 bits per heavy atom. The molecular formula is C8H12O6Si. The first-order chi connectivity index (χ1) is 7.30. The van der Waals surface area contributed by atoms with Crippen LogP contribution in [0.5, 0.6) is 0 Å². The fourth-order valence-corrected chi connectivity index (χ4v) is 3.06. The van der Waals surface area contributed by atoms with Crippen LogP contribution in [0.2, 0.25) is 0 Å². The van der Waals surface area contributed by atoms with Crippen molar-refractivity contribution in [2.24, 2.45) is 0 Å². The number of hydrogen-bond donors (Lipinski definition) is 0. The lowest BCUT2D eigenvalue weighted by Crippen LogP contribution is -2.46. The third-order valence-corrected chi connectivity index (χ3v) is 4.32. The zero-order valence-electron chi connectivity index (χ0n) is 8.09. The largest absolute Gasteiger partial charge is 0.535 e. The van der Waals surface area contributed by atoms with Crippen molar-refractivity contribution in [2.75, 3.05) is 19.8 Å². The summed E-state index contributed by atoms with van der Waals surface area (Å²) in [6.07, 6.45) is -0.688. The van der Waals surface area contributed by atoms with Gasteiger partial charge in [-0.2, -0.15) is 0 Å². The zero-order chi connectivity index (χ0) is 10.3. The van der Waals surface area contributed by atoms with E-state index in [1.165, 1.54) is 0 Å². The smallest absolute Gasteiger partial charge is 0.346 e. The lowest BCUT2D eigenvalue weighted by atomic mass is 10.9. The molecule has 3 rings (SSSR count). The Morgan fingerprint density at radius 2 is 1.27 bits per heavy atom. The van der Waals surface area contributed by atoms with Gasteiger partial charge in [-0.15, -0.1) is 0 Å². The van der Waals surface area contributed by atoms with E-state index in [9.17, 15) is 0 Å². The molecule has 0 aliphatic carbocycles. The fourth-order valence-electron chi connectivity index (χ4n) is 1.10. The molecule has 84 valence electrons. The summed E-state index contributed by atoms with van der Waals surface area (Å²) < 4.78 is 31.8. The monoisotopic (exact) mass is 232 g/mol. The van der Waals surface area contributed by atoms with E-state index in [1.807, 2.05) is 0 Å². The maximum Gasteiger partial charge on any atom is 0.535 e. The molecule has 3 heterocycles. The summed E-state index contributed by atoms with van der Waals surface area (Å²) >= 11 is 0. The minimum absolute atomic E-state index is 0.229. The minimum Gasteiger partial charge on any atom is -0.346 e. The van der Waals surface area contributed by atoms with Crippen LogP contribution in [0.1, 0.15) is 0 Å². The van der Waals surface area contributed by atoms with E-state index in [4.69, 9.17) is 27.5 Å². The maximum absolute atomic E-state index is 5.59. The lowest BCUT2D eigenvalue weighted by Gasteiger charge is -2.23. The number of ether oxygens (including phenoxy) is 3. The predicted molar refractivity (Wildman–Crippen MR) is 48.4 cm³/mol. The second-order valence-corrected chi connectivity index (χ2v) is 5.77. The van der Waals surface area contributed by atoms with E-state index in [0.717, 1.165) is 0 Å². The molecule has 0 aromatic heterocycles. The van der Waals surface area contributed by atoms with Crippen molar-refractivity contribution in [1.29, 1.82) is 0 Å². The molecule has 0 aromatic rings. The topological polar surface area (TPSA) is 65.3 Å². The maximum atomic E-state index is 5.59. The van der Waals surface area contributed by atoms with E-state index < -0.39 is 8.80 Å². The second kappa shape index (κ2) is 3.63. The van der Waals surface area contributed by atoms with Crippen molar-refractivity contribution < 1.29 is 27.5 Å². The molecule has 0 radical (unpaired) electrons. The molecule has 3 fully saturated rings. The fraction of sp³-hybridized carbons (Fsp3) is 0.750. The van der Waals surface area contributed by atoms with Crippen LogP contribution in [0.25, 0.3) is 0 Å². The van der Waals surface area contributed by atoms with Gasteiger partial charge in [0.05, 0.1) is 0 Å². The van der Waals surface area contributed by atoms with Gasteiger partial charge < -0.3 is 27.5 Å². The third-order valence-electron chi connectivity index (χ3n) is 2.05. The summed E-state index contributed by atoms with van der Waals surface area (Å²) in [4.78, 5) is 0. The Balaban J connectivity index is 1.64. The summed E-state index contributed by atoms with van der Waals surface area (Å²) in [5, 5.41) is 0. The molecule has 6 nitrogen and oxygen atoms in total. The SMILES string of the molecule is C=C[Si](OC1CO1)(OC1CO1)OC1CO1. The summed E-state index contributed by atoms with van der Waals surface area (Å²) in [6.45, 7) is 5.42. The molecule has 0 amide bonds. The number of hydrogen-bond acceptors (Lipinski definition) is 6. The average Bonchev–Trinajstić information content (AvgIpc) is 3.04. The standard InChI is InChI=1S/C8H12O6Si/c1-2-15(12-6-3-9-6,13-7-4-10-7)14-8-5-11-8/h2,6-8H,1,3-5H2. The molecule has 0 aromatic carbocycles.